The van der Waals surface area contributed by atoms with Gasteiger partial charge in [0.1, 0.15) is 5.82 Å². The van der Waals surface area contributed by atoms with E-state index in [4.69, 9.17) is 21.1 Å². The molecule has 1 rings (SSSR count). The first kappa shape index (κ1) is 15.4. The van der Waals surface area contributed by atoms with Crippen LogP contribution in [-0.2, 0) is 14.3 Å². The van der Waals surface area contributed by atoms with Crippen LogP contribution in [0.3, 0.4) is 0 Å². The summed E-state index contributed by atoms with van der Waals surface area (Å²) >= 11 is 5.68. The number of benzene rings is 1. The minimum Gasteiger partial charge on any atom is -0.452 e. The fraction of sp³-hybridized carbons (Fsp3) is 0.333. The Morgan fingerprint density at radius 1 is 1.42 bits per heavy atom. The van der Waals surface area contributed by atoms with E-state index in [2.05, 4.69) is 5.32 Å². The molecule has 0 aliphatic carbocycles. The molecule has 0 saturated heterocycles. The van der Waals surface area contributed by atoms with Gasteiger partial charge in [0.2, 0.25) is 0 Å². The van der Waals surface area contributed by atoms with E-state index < -0.39 is 24.3 Å². The Morgan fingerprint density at radius 3 is 2.79 bits per heavy atom. The van der Waals surface area contributed by atoms with Gasteiger partial charge in [0, 0.05) is 13.7 Å². The molecule has 0 saturated carbocycles. The van der Waals surface area contributed by atoms with E-state index in [0.29, 0.717) is 13.2 Å². The molecule has 0 spiro atoms. The largest absolute Gasteiger partial charge is 0.452 e. The van der Waals surface area contributed by atoms with Crippen LogP contribution in [0.4, 0.5) is 4.39 Å². The van der Waals surface area contributed by atoms with Gasteiger partial charge in [0.25, 0.3) is 5.91 Å². The molecule has 0 aliphatic rings. The molecule has 104 valence electrons. The number of amides is 1. The fourth-order valence-electron chi connectivity index (χ4n) is 1.21. The van der Waals surface area contributed by atoms with Crippen molar-refractivity contribution >= 4 is 23.5 Å². The van der Waals surface area contributed by atoms with Gasteiger partial charge in [0.05, 0.1) is 17.2 Å². The normalized spacial score (nSPS) is 10.1. The van der Waals surface area contributed by atoms with Gasteiger partial charge in [-0.1, -0.05) is 11.6 Å². The Hall–Kier alpha value is -1.66. The zero-order valence-corrected chi connectivity index (χ0v) is 11.0. The molecule has 0 atom stereocenters. The Kier molecular flexibility index (Phi) is 6.24. The highest BCUT2D eigenvalue weighted by Gasteiger charge is 2.14. The number of halogens is 2. The second-order valence-corrected chi connectivity index (χ2v) is 3.95. The van der Waals surface area contributed by atoms with Crippen molar-refractivity contribution in [3.8, 4) is 0 Å². The fourth-order valence-corrected chi connectivity index (χ4v) is 1.45. The third-order valence-electron chi connectivity index (χ3n) is 2.11. The summed E-state index contributed by atoms with van der Waals surface area (Å²) in [5.74, 6) is -1.80. The summed E-state index contributed by atoms with van der Waals surface area (Å²) in [5.41, 5.74) is 0.00718. The molecule has 7 heteroatoms. The Morgan fingerprint density at radius 2 is 2.16 bits per heavy atom. The first-order chi connectivity index (χ1) is 9.04. The standard InChI is InChI=1S/C12H13ClFNO4/c1-18-5-4-15-11(16)7-19-12(17)9-3-2-8(14)6-10(9)13/h2-3,6H,4-5,7H2,1H3,(H,15,16). The Bertz CT molecular complexity index is 467. The minimum absolute atomic E-state index is 0.00718. The van der Waals surface area contributed by atoms with Gasteiger partial charge in [-0.05, 0) is 18.2 Å². The number of nitrogens with one attached hydrogen (secondary N) is 1. The maximum absolute atomic E-state index is 12.8. The molecule has 0 heterocycles. The minimum atomic E-state index is -0.785. The van der Waals surface area contributed by atoms with Crippen molar-refractivity contribution < 1.29 is 23.5 Å². The van der Waals surface area contributed by atoms with Gasteiger partial charge >= 0.3 is 5.97 Å². The number of carbonyl (C=O) groups excluding carboxylic acids is 2. The van der Waals surface area contributed by atoms with Crippen LogP contribution < -0.4 is 5.32 Å². The van der Waals surface area contributed by atoms with Gasteiger partial charge in [-0.3, -0.25) is 4.79 Å². The van der Waals surface area contributed by atoms with Crippen LogP contribution in [0.2, 0.25) is 5.02 Å². The number of methoxy groups -OCH3 is 1. The second kappa shape index (κ2) is 7.70. The molecular formula is C12H13ClFNO4. The molecule has 0 bridgehead atoms. The average molecular weight is 290 g/mol. The monoisotopic (exact) mass is 289 g/mol. The number of hydrogen-bond donors (Lipinski definition) is 1. The first-order valence-electron chi connectivity index (χ1n) is 5.42. The van der Waals surface area contributed by atoms with Crippen molar-refractivity contribution in [3.05, 3.63) is 34.6 Å². The molecule has 0 radical (unpaired) electrons. The predicted octanol–water partition coefficient (Wildman–Crippen LogP) is 1.40. The van der Waals surface area contributed by atoms with Gasteiger partial charge in [-0.15, -0.1) is 0 Å². The van der Waals surface area contributed by atoms with Gasteiger partial charge in [-0.25, -0.2) is 9.18 Å². The van der Waals surface area contributed by atoms with Crippen LogP contribution in [0, 0.1) is 5.82 Å². The van der Waals surface area contributed by atoms with Crippen LogP contribution in [0.5, 0.6) is 0 Å². The van der Waals surface area contributed by atoms with Crippen molar-refractivity contribution in [2.75, 3.05) is 26.9 Å². The van der Waals surface area contributed by atoms with Crippen molar-refractivity contribution in [1.29, 1.82) is 0 Å². The Balaban J connectivity index is 2.45. The lowest BCUT2D eigenvalue weighted by Gasteiger charge is -2.07. The molecule has 0 aliphatic heterocycles. The molecule has 0 aromatic heterocycles. The van der Waals surface area contributed by atoms with Gasteiger partial charge in [0.15, 0.2) is 6.61 Å². The van der Waals surface area contributed by atoms with Crippen molar-refractivity contribution in [2.45, 2.75) is 0 Å². The summed E-state index contributed by atoms with van der Waals surface area (Å²) < 4.78 is 22.3. The van der Waals surface area contributed by atoms with E-state index in [1.54, 1.807) is 0 Å². The van der Waals surface area contributed by atoms with Gasteiger partial charge < -0.3 is 14.8 Å². The number of esters is 1. The zero-order chi connectivity index (χ0) is 14.3. The van der Waals surface area contributed by atoms with E-state index >= 15 is 0 Å². The SMILES string of the molecule is COCCNC(=O)COC(=O)c1ccc(F)cc1Cl. The summed E-state index contributed by atoms with van der Waals surface area (Å²) in [7, 11) is 1.50. The highest BCUT2D eigenvalue weighted by molar-refractivity contribution is 6.33. The molecule has 1 aromatic rings. The molecule has 0 fully saturated rings. The lowest BCUT2D eigenvalue weighted by Crippen LogP contribution is -2.31. The average Bonchev–Trinajstić information content (AvgIpc) is 2.36. The summed E-state index contributed by atoms with van der Waals surface area (Å²) in [6.07, 6.45) is 0. The number of ether oxygens (including phenoxy) is 2. The molecular weight excluding hydrogens is 277 g/mol. The van der Waals surface area contributed by atoms with E-state index in [1.165, 1.54) is 13.2 Å². The Labute approximate surface area is 114 Å². The predicted molar refractivity (Wildman–Crippen MR) is 66.6 cm³/mol. The van der Waals surface area contributed by atoms with E-state index in [1.807, 2.05) is 0 Å². The van der Waals surface area contributed by atoms with Crippen LogP contribution >= 0.6 is 11.6 Å². The summed E-state index contributed by atoms with van der Waals surface area (Å²) in [4.78, 5) is 22.8. The van der Waals surface area contributed by atoms with Crippen LogP contribution in [0.1, 0.15) is 10.4 Å². The maximum atomic E-state index is 12.8. The lowest BCUT2D eigenvalue weighted by atomic mass is 10.2. The topological polar surface area (TPSA) is 64.6 Å². The summed E-state index contributed by atoms with van der Waals surface area (Å²) in [6.45, 7) is 0.254. The third kappa shape index (κ3) is 5.23. The quantitative estimate of drug-likeness (QED) is 0.635. The van der Waals surface area contributed by atoms with Crippen molar-refractivity contribution in [3.63, 3.8) is 0 Å². The van der Waals surface area contributed by atoms with Crippen molar-refractivity contribution in [1.82, 2.24) is 5.32 Å². The number of rotatable bonds is 6. The number of hydrogen-bond acceptors (Lipinski definition) is 4. The highest BCUT2D eigenvalue weighted by Crippen LogP contribution is 2.17. The van der Waals surface area contributed by atoms with Gasteiger partial charge in [-0.2, -0.15) is 0 Å². The van der Waals surface area contributed by atoms with Crippen LogP contribution in [-0.4, -0.2) is 38.7 Å². The second-order valence-electron chi connectivity index (χ2n) is 3.54. The number of carbonyl (C=O) groups is 2. The maximum Gasteiger partial charge on any atom is 0.340 e. The molecule has 19 heavy (non-hydrogen) atoms. The van der Waals surface area contributed by atoms with E-state index in [9.17, 15) is 14.0 Å². The lowest BCUT2D eigenvalue weighted by molar-refractivity contribution is -0.124. The molecule has 0 unspecified atom stereocenters. The third-order valence-corrected chi connectivity index (χ3v) is 2.43. The first-order valence-corrected chi connectivity index (χ1v) is 5.80. The molecule has 5 nitrogen and oxygen atoms in total. The summed E-state index contributed by atoms with van der Waals surface area (Å²) in [6, 6.07) is 3.28. The molecule has 1 N–H and O–H groups in total. The van der Waals surface area contributed by atoms with E-state index in [0.717, 1.165) is 12.1 Å². The van der Waals surface area contributed by atoms with Crippen LogP contribution in [0.15, 0.2) is 18.2 Å². The van der Waals surface area contributed by atoms with Crippen molar-refractivity contribution in [2.24, 2.45) is 0 Å². The molecule has 1 aromatic carbocycles. The summed E-state index contributed by atoms with van der Waals surface area (Å²) in [5, 5.41) is 2.41. The highest BCUT2D eigenvalue weighted by atomic mass is 35.5. The molecule has 1 amide bonds. The van der Waals surface area contributed by atoms with E-state index in [-0.39, 0.29) is 10.6 Å². The smallest absolute Gasteiger partial charge is 0.340 e. The zero-order valence-electron chi connectivity index (χ0n) is 10.2. The van der Waals surface area contributed by atoms with Crippen LogP contribution in [0.25, 0.3) is 0 Å².